The number of para-hydroxylation sites is 1. The van der Waals surface area contributed by atoms with E-state index < -0.39 is 0 Å². The van der Waals surface area contributed by atoms with Gasteiger partial charge in [-0.25, -0.2) is 0 Å². The van der Waals surface area contributed by atoms with Gasteiger partial charge in [-0.1, -0.05) is 12.1 Å². The largest absolute Gasteiger partial charge is 0.378 e. The van der Waals surface area contributed by atoms with E-state index >= 15 is 0 Å². The van der Waals surface area contributed by atoms with Gasteiger partial charge < -0.3 is 14.5 Å². The van der Waals surface area contributed by atoms with Crippen LogP contribution in [0.3, 0.4) is 0 Å². The monoisotopic (exact) mass is 329 g/mol. The number of hydrogen-bond acceptors (Lipinski definition) is 4. The number of ether oxygens (including phenoxy) is 1. The minimum atomic E-state index is 0.200. The van der Waals surface area contributed by atoms with E-state index in [0.717, 1.165) is 63.6 Å². The quantitative estimate of drug-likeness (QED) is 0.829. The van der Waals surface area contributed by atoms with Crippen molar-refractivity contribution in [3.8, 4) is 0 Å². The molecule has 0 radical (unpaired) electrons. The maximum Gasteiger partial charge on any atom is 0.256 e. The van der Waals surface area contributed by atoms with Gasteiger partial charge in [0.05, 0.1) is 18.8 Å². The van der Waals surface area contributed by atoms with Crippen LogP contribution in [-0.4, -0.2) is 74.2 Å². The Morgan fingerprint density at radius 3 is 2.67 bits per heavy atom. The van der Waals surface area contributed by atoms with Gasteiger partial charge >= 0.3 is 0 Å². The molecule has 1 atom stereocenters. The Labute approximate surface area is 144 Å². The molecule has 24 heavy (non-hydrogen) atoms. The molecule has 3 heterocycles. The highest BCUT2D eigenvalue weighted by atomic mass is 16.5. The van der Waals surface area contributed by atoms with E-state index in [0.29, 0.717) is 6.04 Å². The second-order valence-corrected chi connectivity index (χ2v) is 7.05. The van der Waals surface area contributed by atoms with Crippen LogP contribution in [0.2, 0.25) is 0 Å². The van der Waals surface area contributed by atoms with Gasteiger partial charge in [-0.3, -0.25) is 9.69 Å². The van der Waals surface area contributed by atoms with E-state index in [4.69, 9.17) is 4.74 Å². The van der Waals surface area contributed by atoms with Crippen LogP contribution < -0.4 is 4.90 Å². The molecule has 0 unspecified atom stereocenters. The third kappa shape index (κ3) is 3.15. The Morgan fingerprint density at radius 2 is 1.79 bits per heavy atom. The molecule has 0 saturated carbocycles. The molecule has 1 aromatic rings. The maximum atomic E-state index is 13.3. The van der Waals surface area contributed by atoms with Crippen LogP contribution in [0.25, 0.3) is 0 Å². The number of carbonyl (C=O) groups excluding carboxylic acids is 1. The topological polar surface area (TPSA) is 36.0 Å². The van der Waals surface area contributed by atoms with Crippen molar-refractivity contribution in [3.63, 3.8) is 0 Å². The number of carbonyl (C=O) groups is 1. The molecule has 0 aliphatic carbocycles. The first-order valence-electron chi connectivity index (χ1n) is 9.28. The van der Waals surface area contributed by atoms with Crippen molar-refractivity contribution in [3.05, 3.63) is 29.8 Å². The SMILES string of the molecule is O=C(c1ccccc1N1CCOCC1)N1CCCN2CCC[C@H]2C1. The van der Waals surface area contributed by atoms with E-state index in [2.05, 4.69) is 20.8 Å². The van der Waals surface area contributed by atoms with Crippen LogP contribution in [0.4, 0.5) is 5.69 Å². The van der Waals surface area contributed by atoms with Crippen LogP contribution in [-0.2, 0) is 4.74 Å². The predicted octanol–water partition coefficient (Wildman–Crippen LogP) is 1.83. The molecule has 4 rings (SSSR count). The number of nitrogens with zero attached hydrogens (tertiary/aromatic N) is 3. The van der Waals surface area contributed by atoms with E-state index in [1.807, 2.05) is 18.2 Å². The van der Waals surface area contributed by atoms with E-state index in [9.17, 15) is 4.79 Å². The summed E-state index contributed by atoms with van der Waals surface area (Å²) in [7, 11) is 0. The van der Waals surface area contributed by atoms with Crippen molar-refractivity contribution in [2.75, 3.05) is 57.4 Å². The molecule has 5 nitrogen and oxygen atoms in total. The van der Waals surface area contributed by atoms with Crippen LogP contribution in [0, 0.1) is 0 Å². The van der Waals surface area contributed by atoms with Crippen LogP contribution in [0.1, 0.15) is 29.6 Å². The molecular weight excluding hydrogens is 302 g/mol. The zero-order valence-electron chi connectivity index (χ0n) is 14.3. The molecule has 130 valence electrons. The van der Waals surface area contributed by atoms with Crippen LogP contribution in [0.5, 0.6) is 0 Å². The third-order valence-electron chi connectivity index (χ3n) is 5.58. The molecule has 0 aromatic heterocycles. The van der Waals surface area contributed by atoms with Crippen molar-refractivity contribution in [2.24, 2.45) is 0 Å². The Bertz CT molecular complexity index is 586. The lowest BCUT2D eigenvalue weighted by Crippen LogP contribution is -2.41. The van der Waals surface area contributed by atoms with E-state index in [1.54, 1.807) is 0 Å². The first-order chi connectivity index (χ1) is 11.8. The first-order valence-corrected chi connectivity index (χ1v) is 9.28. The average Bonchev–Trinajstić information content (AvgIpc) is 2.98. The summed E-state index contributed by atoms with van der Waals surface area (Å²) in [5.41, 5.74) is 1.92. The average molecular weight is 329 g/mol. The number of hydrogen-bond donors (Lipinski definition) is 0. The Hall–Kier alpha value is -1.59. The lowest BCUT2D eigenvalue weighted by molar-refractivity contribution is 0.0743. The van der Waals surface area contributed by atoms with E-state index in [1.165, 1.54) is 19.4 Å². The molecule has 3 aliphatic heterocycles. The molecule has 0 N–H and O–H groups in total. The van der Waals surface area contributed by atoms with Crippen LogP contribution >= 0.6 is 0 Å². The number of amides is 1. The standard InChI is InChI=1S/C19H27N3O2/c23-19(22-10-4-9-20-8-3-5-16(20)15-22)17-6-1-2-7-18(17)21-11-13-24-14-12-21/h1-2,6-7,16H,3-5,8-15H2/t16-/m0/s1. The Balaban J connectivity index is 1.55. The molecule has 1 amide bonds. The minimum Gasteiger partial charge on any atom is -0.378 e. The fourth-order valence-corrected chi connectivity index (χ4v) is 4.30. The summed E-state index contributed by atoms with van der Waals surface area (Å²) in [5.74, 6) is 0.200. The maximum absolute atomic E-state index is 13.3. The normalized spacial score (nSPS) is 25.4. The Morgan fingerprint density at radius 1 is 1.00 bits per heavy atom. The minimum absolute atomic E-state index is 0.200. The number of fused-ring (bicyclic) bond motifs is 1. The lowest BCUT2D eigenvalue weighted by atomic mass is 10.1. The van der Waals surface area contributed by atoms with Crippen molar-refractivity contribution < 1.29 is 9.53 Å². The molecule has 1 aromatic carbocycles. The highest BCUT2D eigenvalue weighted by molar-refractivity contribution is 6.00. The molecular formula is C19H27N3O2. The highest BCUT2D eigenvalue weighted by Crippen LogP contribution is 2.26. The van der Waals surface area contributed by atoms with Gasteiger partial charge in [-0.15, -0.1) is 0 Å². The first kappa shape index (κ1) is 15.9. The second kappa shape index (κ2) is 7.11. The van der Waals surface area contributed by atoms with Gasteiger partial charge in [0.2, 0.25) is 0 Å². The third-order valence-corrected chi connectivity index (χ3v) is 5.58. The summed E-state index contributed by atoms with van der Waals surface area (Å²) in [6, 6.07) is 8.65. The fourth-order valence-electron chi connectivity index (χ4n) is 4.30. The van der Waals surface area contributed by atoms with Crippen LogP contribution in [0.15, 0.2) is 24.3 Å². The predicted molar refractivity (Wildman–Crippen MR) is 94.6 cm³/mol. The number of rotatable bonds is 2. The van der Waals surface area contributed by atoms with Gasteiger partial charge in [0.1, 0.15) is 0 Å². The van der Waals surface area contributed by atoms with Gasteiger partial charge in [-0.05, 0) is 37.9 Å². The summed E-state index contributed by atoms with van der Waals surface area (Å²) < 4.78 is 5.46. The second-order valence-electron chi connectivity index (χ2n) is 7.05. The zero-order valence-corrected chi connectivity index (χ0v) is 14.3. The van der Waals surface area contributed by atoms with Crippen molar-refractivity contribution in [2.45, 2.75) is 25.3 Å². The smallest absolute Gasteiger partial charge is 0.256 e. The van der Waals surface area contributed by atoms with Crippen molar-refractivity contribution >= 4 is 11.6 Å². The van der Waals surface area contributed by atoms with Crippen molar-refractivity contribution in [1.82, 2.24) is 9.80 Å². The molecule has 3 saturated heterocycles. The number of anilines is 1. The summed E-state index contributed by atoms with van der Waals surface area (Å²) in [6.07, 6.45) is 3.59. The fraction of sp³-hybridized carbons (Fsp3) is 0.632. The van der Waals surface area contributed by atoms with Gasteiger partial charge in [0.25, 0.3) is 5.91 Å². The molecule has 0 spiro atoms. The summed E-state index contributed by atoms with van der Waals surface area (Å²) in [5, 5.41) is 0. The molecule has 5 heteroatoms. The van der Waals surface area contributed by atoms with Gasteiger partial charge in [0.15, 0.2) is 0 Å². The summed E-state index contributed by atoms with van der Waals surface area (Å²) in [6.45, 7) is 7.31. The molecule has 3 fully saturated rings. The summed E-state index contributed by atoms with van der Waals surface area (Å²) in [4.78, 5) is 20.2. The lowest BCUT2D eigenvalue weighted by Gasteiger charge is -2.32. The summed E-state index contributed by atoms with van der Waals surface area (Å²) >= 11 is 0. The molecule has 3 aliphatic rings. The Kier molecular flexibility index (Phi) is 4.72. The zero-order chi connectivity index (χ0) is 16.4. The number of morpholine rings is 1. The van der Waals surface area contributed by atoms with E-state index in [-0.39, 0.29) is 5.91 Å². The highest BCUT2D eigenvalue weighted by Gasteiger charge is 2.31. The molecule has 0 bridgehead atoms. The van der Waals surface area contributed by atoms with Gasteiger partial charge in [-0.2, -0.15) is 0 Å². The van der Waals surface area contributed by atoms with Gasteiger partial charge in [0, 0.05) is 44.5 Å². The van der Waals surface area contributed by atoms with Crippen molar-refractivity contribution in [1.29, 1.82) is 0 Å². The number of benzene rings is 1.